The Morgan fingerprint density at radius 1 is 1.29 bits per heavy atom. The van der Waals surface area contributed by atoms with Crippen LogP contribution in [-0.4, -0.2) is 29.6 Å². The van der Waals surface area contributed by atoms with Crippen molar-refractivity contribution in [3.8, 4) is 0 Å². The lowest BCUT2D eigenvalue weighted by Gasteiger charge is -2.42. The number of aryl methyl sites for hydroxylation is 2. The van der Waals surface area contributed by atoms with Gasteiger partial charge in [0.2, 0.25) is 0 Å². The largest absolute Gasteiger partial charge is 0.466 e. The molecule has 0 aliphatic carbocycles. The molecule has 0 spiro atoms. The van der Waals surface area contributed by atoms with Crippen molar-refractivity contribution < 1.29 is 4.42 Å². The molecule has 2 aliphatic heterocycles. The van der Waals surface area contributed by atoms with Gasteiger partial charge in [-0.3, -0.25) is 4.90 Å². The smallest absolute Gasteiger partial charge is 0.105 e. The van der Waals surface area contributed by atoms with Crippen LogP contribution in [0.25, 0.3) is 0 Å². The first-order chi connectivity index (χ1) is 10.1. The summed E-state index contributed by atoms with van der Waals surface area (Å²) in [5.74, 6) is 2.15. The monoisotopic (exact) mass is 290 g/mol. The van der Waals surface area contributed by atoms with Gasteiger partial charge in [0.1, 0.15) is 11.5 Å². The molecule has 2 bridgehead atoms. The second kappa shape index (κ2) is 6.13. The Morgan fingerprint density at radius 2 is 1.95 bits per heavy atom. The van der Waals surface area contributed by atoms with Crippen LogP contribution in [-0.2, 0) is 0 Å². The molecule has 0 radical (unpaired) electrons. The van der Waals surface area contributed by atoms with Crippen molar-refractivity contribution in [2.24, 2.45) is 0 Å². The summed E-state index contributed by atoms with van der Waals surface area (Å²) in [6, 6.07) is 4.97. The minimum absolute atomic E-state index is 0.493. The first kappa shape index (κ1) is 15.1. The number of piperidine rings is 1. The molecule has 3 heteroatoms. The van der Waals surface area contributed by atoms with Crippen molar-refractivity contribution in [3.63, 3.8) is 0 Å². The van der Waals surface area contributed by atoms with E-state index in [1.807, 2.05) is 0 Å². The third kappa shape index (κ3) is 2.91. The molecule has 0 saturated carbocycles. The predicted octanol–water partition coefficient (Wildman–Crippen LogP) is 3.95. The highest BCUT2D eigenvalue weighted by Gasteiger charge is 2.43. The molecular formula is C18H30N2O. The molecule has 3 unspecified atom stereocenters. The number of fused-ring (bicyclic) bond motifs is 2. The zero-order valence-corrected chi connectivity index (χ0v) is 14.0. The van der Waals surface area contributed by atoms with Crippen LogP contribution in [0.15, 0.2) is 10.5 Å². The van der Waals surface area contributed by atoms with Crippen molar-refractivity contribution in [1.29, 1.82) is 0 Å². The lowest BCUT2D eigenvalue weighted by molar-refractivity contribution is 0.0765. The predicted molar refractivity (Wildman–Crippen MR) is 86.6 cm³/mol. The molecule has 0 amide bonds. The van der Waals surface area contributed by atoms with Gasteiger partial charge in [0.05, 0.1) is 0 Å². The van der Waals surface area contributed by atoms with Crippen molar-refractivity contribution in [2.45, 2.75) is 84.0 Å². The van der Waals surface area contributed by atoms with Crippen molar-refractivity contribution in [1.82, 2.24) is 10.2 Å². The highest BCUT2D eigenvalue weighted by Crippen LogP contribution is 2.42. The van der Waals surface area contributed by atoms with Crippen LogP contribution in [0.1, 0.15) is 69.1 Å². The fourth-order valence-electron chi connectivity index (χ4n) is 4.59. The van der Waals surface area contributed by atoms with Crippen LogP contribution >= 0.6 is 0 Å². The minimum Gasteiger partial charge on any atom is -0.466 e. The van der Waals surface area contributed by atoms with Gasteiger partial charge in [-0.1, -0.05) is 6.92 Å². The van der Waals surface area contributed by atoms with E-state index in [2.05, 4.69) is 44.0 Å². The molecule has 2 aliphatic rings. The Bertz CT molecular complexity index is 468. The quantitative estimate of drug-likeness (QED) is 0.890. The van der Waals surface area contributed by atoms with Crippen molar-refractivity contribution >= 4 is 0 Å². The molecule has 3 atom stereocenters. The first-order valence-electron chi connectivity index (χ1n) is 8.68. The van der Waals surface area contributed by atoms with E-state index in [0.717, 1.165) is 29.6 Å². The standard InChI is InChI=1S/C18H30N2O/c1-5-8-19-15-10-16-6-7-17(11-15)20(16)13(3)18-9-12(2)21-14(18)4/h9,13,15-17,19H,5-8,10-11H2,1-4H3. The van der Waals surface area contributed by atoms with E-state index in [1.54, 1.807) is 0 Å². The van der Waals surface area contributed by atoms with Gasteiger partial charge in [-0.05, 0) is 65.5 Å². The van der Waals surface area contributed by atoms with E-state index in [9.17, 15) is 0 Å². The zero-order valence-electron chi connectivity index (χ0n) is 14.0. The normalized spacial score (nSPS) is 30.8. The van der Waals surface area contributed by atoms with E-state index >= 15 is 0 Å². The summed E-state index contributed by atoms with van der Waals surface area (Å²) in [4.78, 5) is 2.78. The molecule has 2 saturated heterocycles. The number of hydrogen-bond donors (Lipinski definition) is 1. The minimum atomic E-state index is 0.493. The first-order valence-corrected chi connectivity index (χ1v) is 8.68. The third-order valence-corrected chi connectivity index (χ3v) is 5.45. The fraction of sp³-hybridized carbons (Fsp3) is 0.778. The van der Waals surface area contributed by atoms with Crippen LogP contribution in [0.4, 0.5) is 0 Å². The second-order valence-electron chi connectivity index (χ2n) is 7.00. The SMILES string of the molecule is CCCNC1CC2CCC(C1)N2C(C)c1cc(C)oc1C. The van der Waals surface area contributed by atoms with E-state index < -0.39 is 0 Å². The highest BCUT2D eigenvalue weighted by atomic mass is 16.3. The average Bonchev–Trinajstić information content (AvgIpc) is 2.92. The number of nitrogens with one attached hydrogen (secondary N) is 1. The van der Waals surface area contributed by atoms with E-state index in [0.29, 0.717) is 6.04 Å². The molecule has 0 aromatic carbocycles. The molecule has 2 fully saturated rings. The summed E-state index contributed by atoms with van der Waals surface area (Å²) in [6.45, 7) is 9.94. The van der Waals surface area contributed by atoms with Crippen molar-refractivity contribution in [2.75, 3.05) is 6.54 Å². The highest BCUT2D eigenvalue weighted by molar-refractivity contribution is 5.24. The van der Waals surface area contributed by atoms with Gasteiger partial charge in [-0.15, -0.1) is 0 Å². The molecule has 3 nitrogen and oxygen atoms in total. The van der Waals surface area contributed by atoms with Gasteiger partial charge in [0, 0.05) is 29.7 Å². The topological polar surface area (TPSA) is 28.4 Å². The van der Waals surface area contributed by atoms with Crippen molar-refractivity contribution in [3.05, 3.63) is 23.2 Å². The van der Waals surface area contributed by atoms with Gasteiger partial charge >= 0.3 is 0 Å². The average molecular weight is 290 g/mol. The zero-order chi connectivity index (χ0) is 15.0. The number of hydrogen-bond acceptors (Lipinski definition) is 3. The summed E-state index contributed by atoms with van der Waals surface area (Å²) >= 11 is 0. The molecule has 21 heavy (non-hydrogen) atoms. The van der Waals surface area contributed by atoms with E-state index in [4.69, 9.17) is 4.42 Å². The molecule has 1 aromatic heterocycles. The van der Waals surface area contributed by atoms with Crippen LogP contribution in [0.3, 0.4) is 0 Å². The van der Waals surface area contributed by atoms with E-state index in [1.165, 1.54) is 44.2 Å². The third-order valence-electron chi connectivity index (χ3n) is 5.45. The van der Waals surface area contributed by atoms with Gasteiger partial charge < -0.3 is 9.73 Å². The van der Waals surface area contributed by atoms with Gasteiger partial charge in [-0.2, -0.15) is 0 Å². The summed E-state index contributed by atoms with van der Waals surface area (Å²) in [7, 11) is 0. The van der Waals surface area contributed by atoms with Crippen LogP contribution < -0.4 is 5.32 Å². The number of furan rings is 1. The van der Waals surface area contributed by atoms with Gasteiger partial charge in [0.25, 0.3) is 0 Å². The van der Waals surface area contributed by atoms with E-state index in [-0.39, 0.29) is 0 Å². The van der Waals surface area contributed by atoms with Crippen LogP contribution in [0.2, 0.25) is 0 Å². The molecule has 118 valence electrons. The Balaban J connectivity index is 1.71. The summed E-state index contributed by atoms with van der Waals surface area (Å²) in [5, 5.41) is 3.74. The van der Waals surface area contributed by atoms with Crippen LogP contribution in [0.5, 0.6) is 0 Å². The molecular weight excluding hydrogens is 260 g/mol. The van der Waals surface area contributed by atoms with Gasteiger partial charge in [-0.25, -0.2) is 0 Å². The lowest BCUT2D eigenvalue weighted by atomic mass is 9.93. The molecule has 1 N–H and O–H groups in total. The maximum absolute atomic E-state index is 5.75. The molecule has 3 heterocycles. The fourth-order valence-corrected chi connectivity index (χ4v) is 4.59. The Kier molecular flexibility index (Phi) is 4.41. The maximum atomic E-state index is 5.75. The Morgan fingerprint density at radius 3 is 2.48 bits per heavy atom. The maximum Gasteiger partial charge on any atom is 0.105 e. The number of rotatable bonds is 5. The molecule has 1 aromatic rings. The Hall–Kier alpha value is -0.800. The summed E-state index contributed by atoms with van der Waals surface area (Å²) in [5.41, 5.74) is 1.39. The summed E-state index contributed by atoms with van der Waals surface area (Å²) < 4.78 is 5.75. The van der Waals surface area contributed by atoms with Gasteiger partial charge in [0.15, 0.2) is 0 Å². The lowest BCUT2D eigenvalue weighted by Crippen LogP contribution is -2.50. The molecule has 3 rings (SSSR count). The number of nitrogens with zero attached hydrogens (tertiary/aromatic N) is 1. The van der Waals surface area contributed by atoms with Crippen LogP contribution in [0, 0.1) is 13.8 Å². The second-order valence-corrected chi connectivity index (χ2v) is 7.00. The Labute approximate surface area is 129 Å². The summed E-state index contributed by atoms with van der Waals surface area (Å²) in [6.07, 6.45) is 6.61.